The van der Waals surface area contributed by atoms with Crippen molar-refractivity contribution >= 4 is 30.4 Å². The molecule has 153 valence electrons. The molecule has 0 fully saturated rings. The van der Waals surface area contributed by atoms with Crippen LogP contribution >= 0.6 is 30.4 Å². The van der Waals surface area contributed by atoms with E-state index in [-0.39, 0.29) is 275 Å². The van der Waals surface area contributed by atoms with E-state index in [1.165, 1.54) is 0 Å². The zero-order chi connectivity index (χ0) is 19.4. The van der Waals surface area contributed by atoms with E-state index in [9.17, 15) is 57.4 Å². The molecule has 0 unspecified atom stereocenters. The molecule has 0 amide bonds. The van der Waals surface area contributed by atoms with Crippen LogP contribution in [-0.2, 0) is 35.0 Å². The van der Waals surface area contributed by atoms with Crippen molar-refractivity contribution in [3.63, 3.8) is 0 Å². The summed E-state index contributed by atoms with van der Waals surface area (Å²) in [5.74, 6) is 0. The molecule has 0 rings (SSSR count). The summed E-state index contributed by atoms with van der Waals surface area (Å²) in [6.07, 6.45) is -5.63. The van der Waals surface area contributed by atoms with Crippen LogP contribution in [0.25, 0.3) is 0 Å². The molecule has 0 aromatic rings. The fourth-order valence-corrected chi connectivity index (χ4v) is 4.88. The summed E-state index contributed by atoms with van der Waals surface area (Å²) in [7, 11) is -21.2. The molecule has 0 aromatic carbocycles. The van der Waals surface area contributed by atoms with Gasteiger partial charge in [-0.05, 0) is 0 Å². The number of hydrogen-bond donors (Lipinski definition) is 0. The minimum absolute atomic E-state index is 0. The maximum Gasteiger partial charge on any atom is 2.00 e. The van der Waals surface area contributed by atoms with Crippen LogP contribution in [0.15, 0.2) is 0 Å². The minimum atomic E-state index is -5.30. The van der Waals surface area contributed by atoms with Crippen molar-refractivity contribution in [1.82, 2.24) is 9.80 Å². The Morgan fingerprint density at radius 1 is 0.467 bits per heavy atom. The SMILES string of the molecule is O=P([O-])([O-])CN(CCN(CP(=O)([O-])[O-])CP(=O)([O-])[O-])CP(=O)([O-])[O-].[Co+2].[H+].[K+].[K+].[K+].[K+].[K+]. The molecule has 0 N–H and O–H groups in total. The van der Waals surface area contributed by atoms with Crippen molar-refractivity contribution in [2.24, 2.45) is 0 Å². The Bertz CT molecular complexity index is 518. The van der Waals surface area contributed by atoms with Crippen LogP contribution in [-0.4, -0.2) is 48.0 Å². The van der Waals surface area contributed by atoms with Gasteiger partial charge in [-0.1, -0.05) is 30.4 Å². The number of nitrogens with zero attached hydrogens (tertiary/aromatic N) is 2. The first kappa shape index (κ1) is 55.2. The minimum Gasteiger partial charge on any atom is -0.810 e. The zero-order valence-electron chi connectivity index (χ0n) is 18.2. The summed E-state index contributed by atoms with van der Waals surface area (Å²) in [4.78, 5) is 85.9. The van der Waals surface area contributed by atoms with Crippen molar-refractivity contribution in [3.8, 4) is 0 Å². The third-order valence-electron chi connectivity index (χ3n) is 2.23. The largest absolute Gasteiger partial charge is 2.00 e. The van der Waals surface area contributed by atoms with Gasteiger partial charge in [0.15, 0.2) is 0 Å². The Morgan fingerprint density at radius 3 is 0.700 bits per heavy atom. The van der Waals surface area contributed by atoms with Gasteiger partial charge in [0.2, 0.25) is 0 Å². The Kier molecular flexibility index (Phi) is 47.6. The molecule has 0 bridgehead atoms. The van der Waals surface area contributed by atoms with Crippen LogP contribution in [0.4, 0.5) is 0 Å². The summed E-state index contributed by atoms with van der Waals surface area (Å²) >= 11 is 0. The number of rotatable bonds is 11. The fourth-order valence-electron chi connectivity index (χ4n) is 1.63. The van der Waals surface area contributed by atoms with Gasteiger partial charge in [0, 0.05) is 38.2 Å². The summed E-state index contributed by atoms with van der Waals surface area (Å²) in [5, 5.41) is 0. The smallest absolute Gasteiger partial charge is 0.810 e. The quantitative estimate of drug-likeness (QED) is 0.145. The molecule has 30 heavy (non-hydrogen) atoms. The molecule has 14 nitrogen and oxygen atoms in total. The average Bonchev–Trinajstić information content (AvgIpc) is 2.16. The first-order chi connectivity index (χ1) is 10.4. The first-order valence-electron chi connectivity index (χ1n) is 5.85. The Hall–Kier alpha value is 9.21. The molecule has 0 heterocycles. The van der Waals surface area contributed by atoms with Crippen molar-refractivity contribution in [2.75, 3.05) is 38.2 Å². The van der Waals surface area contributed by atoms with E-state index in [1.54, 1.807) is 0 Å². The fraction of sp³-hybridized carbons (Fsp3) is 1.00. The maximum atomic E-state index is 10.7. The molecule has 0 spiro atoms. The van der Waals surface area contributed by atoms with Gasteiger partial charge >= 0.3 is 275 Å². The topological polar surface area (TPSA) is 259 Å². The van der Waals surface area contributed by atoms with Crippen LogP contribution in [0, 0.1) is 0 Å². The molecular formula is C6H13CoK5N2O12P4. The molecule has 0 aliphatic carbocycles. The molecule has 1 radical (unpaired) electrons. The second kappa shape index (κ2) is 25.9. The van der Waals surface area contributed by atoms with Gasteiger partial charge in [-0.15, -0.1) is 0 Å². The third-order valence-corrected chi connectivity index (χ3v) is 5.21. The summed E-state index contributed by atoms with van der Waals surface area (Å²) < 4.78 is 42.7. The van der Waals surface area contributed by atoms with Crippen LogP contribution in [0.5, 0.6) is 0 Å². The predicted octanol–water partition coefficient (Wildman–Crippen LogP) is -21.8. The monoisotopic (exact) mass is 683 g/mol. The van der Waals surface area contributed by atoms with E-state index in [0.29, 0.717) is 9.80 Å². The summed E-state index contributed by atoms with van der Waals surface area (Å²) in [6.45, 7) is -1.55. The van der Waals surface area contributed by atoms with Crippen molar-refractivity contribution in [1.29, 1.82) is 0 Å². The molecule has 0 saturated heterocycles. The van der Waals surface area contributed by atoms with Gasteiger partial charge in [0.1, 0.15) is 0 Å². The summed E-state index contributed by atoms with van der Waals surface area (Å²) in [5.41, 5.74) is 0. The standard InChI is InChI=1S/C6H20N2O12P4.Co.5K/c9-21(10,11)3-7(4-22(12,13)14)1-2-8(5-23(15,16)17)6-24(18,19)20;;;;;;/h1-6H2,(H2,9,10,11)(H2,12,13,14)(H2,15,16,17)(H2,18,19,20);;;;;;/q;+2;5*+1/p-7. The molecule has 0 aromatic heterocycles. The van der Waals surface area contributed by atoms with Gasteiger partial charge in [0.05, 0.1) is 0 Å². The van der Waals surface area contributed by atoms with Gasteiger partial charge < -0.3 is 57.4 Å². The first-order valence-corrected chi connectivity index (χ1v) is 12.8. The predicted molar refractivity (Wildman–Crippen MR) is 64.4 cm³/mol. The van der Waals surface area contributed by atoms with Gasteiger partial charge in [0.25, 0.3) is 0 Å². The van der Waals surface area contributed by atoms with E-state index in [0.717, 1.165) is 0 Å². The van der Waals surface area contributed by atoms with Gasteiger partial charge in [-0.2, -0.15) is 0 Å². The second-order valence-electron chi connectivity index (χ2n) is 4.80. The molecular weight excluding hydrogens is 670 g/mol. The van der Waals surface area contributed by atoms with E-state index < -0.39 is 68.6 Å². The van der Waals surface area contributed by atoms with Crippen LogP contribution in [0.2, 0.25) is 0 Å². The average molecular weight is 683 g/mol. The maximum absolute atomic E-state index is 10.7. The normalized spacial score (nSPS) is 11.7. The van der Waals surface area contributed by atoms with E-state index >= 15 is 0 Å². The van der Waals surface area contributed by atoms with E-state index in [4.69, 9.17) is 0 Å². The molecule has 0 aliphatic heterocycles. The molecule has 0 aliphatic rings. The van der Waals surface area contributed by atoms with Gasteiger partial charge in [-0.3, -0.25) is 9.80 Å². The Morgan fingerprint density at radius 2 is 0.600 bits per heavy atom. The van der Waals surface area contributed by atoms with Gasteiger partial charge in [-0.25, -0.2) is 0 Å². The van der Waals surface area contributed by atoms with E-state index in [1.807, 2.05) is 0 Å². The number of hydrogen-bond acceptors (Lipinski definition) is 14. The van der Waals surface area contributed by atoms with Crippen LogP contribution in [0.1, 0.15) is 1.43 Å². The molecule has 24 heteroatoms. The van der Waals surface area contributed by atoms with Crippen molar-refractivity contribution in [3.05, 3.63) is 0 Å². The van der Waals surface area contributed by atoms with Crippen molar-refractivity contribution in [2.45, 2.75) is 0 Å². The van der Waals surface area contributed by atoms with Crippen LogP contribution < -0.4 is 296 Å². The molecule has 0 atom stereocenters. The third kappa shape index (κ3) is 41.7. The summed E-state index contributed by atoms with van der Waals surface area (Å²) in [6, 6.07) is 0. The zero-order valence-corrected chi connectivity index (χ0v) is 37.4. The Balaban J connectivity index is -0.000000126. The van der Waals surface area contributed by atoms with Crippen molar-refractivity contribution < 1.29 is 333 Å². The second-order valence-corrected chi connectivity index (χ2v) is 10.8. The Labute approximate surface area is 399 Å². The molecule has 0 saturated carbocycles. The van der Waals surface area contributed by atoms with Crippen LogP contribution in [0.3, 0.4) is 0 Å². The van der Waals surface area contributed by atoms with E-state index in [2.05, 4.69) is 0 Å².